The second-order valence-corrected chi connectivity index (χ2v) is 3.64. The summed E-state index contributed by atoms with van der Waals surface area (Å²) in [6, 6.07) is 8.32. The molecule has 0 radical (unpaired) electrons. The van der Waals surface area contributed by atoms with Crippen LogP contribution in [0.25, 0.3) is 11.3 Å². The molecule has 1 aromatic heterocycles. The molecule has 0 bridgehead atoms. The molecule has 0 aliphatic rings. The van der Waals surface area contributed by atoms with E-state index in [1.165, 1.54) is 20.3 Å². The molecule has 6 heteroatoms. The van der Waals surface area contributed by atoms with Gasteiger partial charge in [-0.05, 0) is 18.2 Å². The van der Waals surface area contributed by atoms with Gasteiger partial charge in [0.25, 0.3) is 0 Å². The van der Waals surface area contributed by atoms with Gasteiger partial charge in [-0.2, -0.15) is 0 Å². The molecule has 0 amide bonds. The first kappa shape index (κ1) is 12.8. The van der Waals surface area contributed by atoms with E-state index in [2.05, 4.69) is 14.4 Å². The number of rotatable bonds is 3. The third-order valence-electron chi connectivity index (χ3n) is 2.50. The van der Waals surface area contributed by atoms with E-state index in [1.807, 2.05) is 0 Å². The van der Waals surface area contributed by atoms with Crippen LogP contribution in [0.4, 0.5) is 0 Å². The van der Waals surface area contributed by atoms with Crippen LogP contribution in [0.5, 0.6) is 5.75 Å². The van der Waals surface area contributed by atoms with E-state index in [0.717, 1.165) is 0 Å². The molecule has 0 atom stereocenters. The van der Waals surface area contributed by atoms with Crippen molar-refractivity contribution in [2.45, 2.75) is 0 Å². The van der Waals surface area contributed by atoms with E-state index in [0.29, 0.717) is 17.0 Å². The number of ether oxygens (including phenoxy) is 2. The molecule has 98 valence electrons. The van der Waals surface area contributed by atoms with Crippen LogP contribution in [0.1, 0.15) is 10.4 Å². The van der Waals surface area contributed by atoms with Crippen molar-refractivity contribution in [3.63, 3.8) is 0 Å². The van der Waals surface area contributed by atoms with Crippen molar-refractivity contribution in [2.24, 2.45) is 0 Å². The first-order valence-electron chi connectivity index (χ1n) is 5.39. The topological polar surface area (TPSA) is 78.6 Å². The maximum Gasteiger partial charge on any atom is 0.373 e. The normalized spacial score (nSPS) is 10.0. The number of aromatic nitrogens is 1. The fraction of sp³-hybridized carbons (Fsp3) is 0.154. The van der Waals surface area contributed by atoms with Gasteiger partial charge < -0.3 is 14.0 Å². The molecule has 0 unspecified atom stereocenters. The number of hydrogen-bond donors (Lipinski definition) is 0. The first-order valence-corrected chi connectivity index (χ1v) is 5.39. The van der Waals surface area contributed by atoms with Crippen LogP contribution in [-0.2, 0) is 4.74 Å². The Bertz CT molecular complexity index is 662. The zero-order valence-electron chi connectivity index (χ0n) is 10.4. The van der Waals surface area contributed by atoms with Crippen LogP contribution in [0, 0.1) is 0 Å². The monoisotopic (exact) mass is 261 g/mol. The van der Waals surface area contributed by atoms with E-state index in [9.17, 15) is 9.59 Å². The van der Waals surface area contributed by atoms with Crippen molar-refractivity contribution in [1.82, 2.24) is 5.16 Å². The Kier molecular flexibility index (Phi) is 3.61. The van der Waals surface area contributed by atoms with E-state index >= 15 is 0 Å². The molecule has 0 fully saturated rings. The summed E-state index contributed by atoms with van der Waals surface area (Å²) < 4.78 is 14.2. The summed E-state index contributed by atoms with van der Waals surface area (Å²) in [6.07, 6.45) is 0. The summed E-state index contributed by atoms with van der Waals surface area (Å²) in [7, 11) is 2.73. The molecule has 2 rings (SSSR count). The Morgan fingerprint density at radius 1 is 1.26 bits per heavy atom. The number of hydrogen-bond acceptors (Lipinski definition) is 6. The summed E-state index contributed by atoms with van der Waals surface area (Å²) in [5, 5.41) is 3.65. The number of nitrogens with zero attached hydrogens (tertiary/aromatic N) is 1. The number of esters is 1. The van der Waals surface area contributed by atoms with Gasteiger partial charge >= 0.3 is 11.6 Å². The molecular weight excluding hydrogens is 250 g/mol. The second-order valence-electron chi connectivity index (χ2n) is 3.64. The SMILES string of the molecule is COC(=O)c1cc(-c2cccc(OC)c2)noc1=O. The number of carbonyl (C=O) groups excluding carboxylic acids is 1. The van der Waals surface area contributed by atoms with Gasteiger partial charge in [0.15, 0.2) is 0 Å². The van der Waals surface area contributed by atoms with Crippen LogP contribution in [0.2, 0.25) is 0 Å². The van der Waals surface area contributed by atoms with Gasteiger partial charge in [-0.25, -0.2) is 9.59 Å². The maximum absolute atomic E-state index is 11.4. The summed E-state index contributed by atoms with van der Waals surface area (Å²) in [5.74, 6) is -0.134. The lowest BCUT2D eigenvalue weighted by molar-refractivity contribution is 0.0593. The van der Waals surface area contributed by atoms with Gasteiger partial charge in [-0.15, -0.1) is 0 Å². The van der Waals surface area contributed by atoms with Gasteiger partial charge in [-0.3, -0.25) is 0 Å². The van der Waals surface area contributed by atoms with E-state index in [4.69, 9.17) is 4.74 Å². The molecule has 1 aromatic carbocycles. The Morgan fingerprint density at radius 2 is 2.05 bits per heavy atom. The van der Waals surface area contributed by atoms with Crippen molar-refractivity contribution < 1.29 is 18.8 Å². The highest BCUT2D eigenvalue weighted by Gasteiger charge is 2.15. The van der Waals surface area contributed by atoms with E-state index < -0.39 is 11.6 Å². The van der Waals surface area contributed by atoms with Gasteiger partial charge in [-0.1, -0.05) is 17.3 Å². The first-order chi connectivity index (χ1) is 9.15. The Hall–Kier alpha value is -2.63. The molecule has 2 aromatic rings. The van der Waals surface area contributed by atoms with Crippen LogP contribution in [-0.4, -0.2) is 25.3 Å². The third kappa shape index (κ3) is 2.62. The summed E-state index contributed by atoms with van der Waals surface area (Å²) in [4.78, 5) is 22.8. The molecule has 1 heterocycles. The smallest absolute Gasteiger partial charge is 0.373 e. The molecule has 0 N–H and O–H groups in total. The van der Waals surface area contributed by atoms with Crippen LogP contribution < -0.4 is 10.4 Å². The third-order valence-corrected chi connectivity index (χ3v) is 2.50. The fourth-order valence-corrected chi connectivity index (χ4v) is 1.53. The predicted molar refractivity (Wildman–Crippen MR) is 66.1 cm³/mol. The van der Waals surface area contributed by atoms with Gasteiger partial charge in [0, 0.05) is 5.56 Å². The summed E-state index contributed by atoms with van der Waals surface area (Å²) in [6.45, 7) is 0. The van der Waals surface area contributed by atoms with Gasteiger partial charge in [0.2, 0.25) is 0 Å². The van der Waals surface area contributed by atoms with Crippen molar-refractivity contribution in [1.29, 1.82) is 0 Å². The highest BCUT2D eigenvalue weighted by molar-refractivity contribution is 5.89. The lowest BCUT2D eigenvalue weighted by Crippen LogP contribution is -2.16. The standard InChI is InChI=1S/C13H11NO5/c1-17-9-5-3-4-8(6-9)11-7-10(12(15)18-2)13(16)19-14-11/h3-7H,1-2H3. The van der Waals surface area contributed by atoms with Crippen molar-refractivity contribution in [3.05, 3.63) is 46.3 Å². The fourth-order valence-electron chi connectivity index (χ4n) is 1.53. The average molecular weight is 261 g/mol. The number of methoxy groups -OCH3 is 2. The highest BCUT2D eigenvalue weighted by atomic mass is 16.5. The van der Waals surface area contributed by atoms with E-state index in [1.54, 1.807) is 24.3 Å². The zero-order valence-corrected chi connectivity index (χ0v) is 10.4. The Labute approximate surface area is 108 Å². The zero-order chi connectivity index (χ0) is 13.8. The second kappa shape index (κ2) is 5.34. The molecule has 0 spiro atoms. The molecule has 0 saturated heterocycles. The summed E-state index contributed by atoms with van der Waals surface area (Å²) in [5.41, 5.74) is -0.0269. The van der Waals surface area contributed by atoms with Crippen molar-refractivity contribution >= 4 is 5.97 Å². The largest absolute Gasteiger partial charge is 0.497 e. The minimum absolute atomic E-state index is 0.199. The lowest BCUT2D eigenvalue weighted by atomic mass is 10.1. The molecule has 0 aliphatic carbocycles. The maximum atomic E-state index is 11.4. The quantitative estimate of drug-likeness (QED) is 0.779. The molecular formula is C13H11NO5. The van der Waals surface area contributed by atoms with E-state index in [-0.39, 0.29) is 5.56 Å². The lowest BCUT2D eigenvalue weighted by Gasteiger charge is -2.04. The minimum atomic E-state index is -0.835. The number of benzene rings is 1. The molecule has 6 nitrogen and oxygen atoms in total. The van der Waals surface area contributed by atoms with Crippen molar-refractivity contribution in [2.75, 3.05) is 14.2 Å². The van der Waals surface area contributed by atoms with Gasteiger partial charge in [0.05, 0.1) is 14.2 Å². The molecule has 0 aliphatic heterocycles. The highest BCUT2D eigenvalue weighted by Crippen LogP contribution is 2.21. The summed E-state index contributed by atoms with van der Waals surface area (Å²) >= 11 is 0. The van der Waals surface area contributed by atoms with Crippen LogP contribution in [0.3, 0.4) is 0 Å². The van der Waals surface area contributed by atoms with Crippen LogP contribution in [0.15, 0.2) is 39.6 Å². The molecule has 19 heavy (non-hydrogen) atoms. The van der Waals surface area contributed by atoms with Gasteiger partial charge in [0.1, 0.15) is 17.0 Å². The predicted octanol–water partition coefficient (Wildman–Crippen LogP) is 1.50. The molecule has 0 saturated carbocycles. The van der Waals surface area contributed by atoms with Crippen LogP contribution >= 0.6 is 0 Å². The number of carbonyl (C=O) groups is 1. The Balaban J connectivity index is 2.51. The Morgan fingerprint density at radius 3 is 2.74 bits per heavy atom. The van der Waals surface area contributed by atoms with Crippen molar-refractivity contribution in [3.8, 4) is 17.0 Å². The average Bonchev–Trinajstić information content (AvgIpc) is 2.47. The minimum Gasteiger partial charge on any atom is -0.497 e.